The molecule has 0 spiro atoms. The second-order valence-corrected chi connectivity index (χ2v) is 6.28. The van der Waals surface area contributed by atoms with Gasteiger partial charge in [-0.1, -0.05) is 0 Å². The van der Waals surface area contributed by atoms with Gasteiger partial charge < -0.3 is 4.90 Å². The first-order valence-electron chi connectivity index (χ1n) is 7.89. The molecule has 6 heteroatoms. The molecule has 0 saturated carbocycles. The smallest absolute Gasteiger partial charge is 0.342 e. The van der Waals surface area contributed by atoms with Crippen molar-refractivity contribution in [1.29, 1.82) is 0 Å². The van der Waals surface area contributed by atoms with Gasteiger partial charge in [0.1, 0.15) is 0 Å². The van der Waals surface area contributed by atoms with Crippen molar-refractivity contribution in [2.24, 2.45) is 4.99 Å². The highest BCUT2D eigenvalue weighted by Crippen LogP contribution is 2.40. The number of hydrogen-bond donors (Lipinski definition) is 0. The van der Waals surface area contributed by atoms with E-state index in [1.54, 1.807) is 17.9 Å². The van der Waals surface area contributed by atoms with Gasteiger partial charge in [-0.15, -0.1) is 0 Å². The summed E-state index contributed by atoms with van der Waals surface area (Å²) in [5.41, 5.74) is 0.995. The van der Waals surface area contributed by atoms with Crippen LogP contribution in [0.3, 0.4) is 0 Å². The molecule has 0 N–H and O–H groups in total. The highest BCUT2D eigenvalue weighted by atomic mass is 19.4. The third-order valence-corrected chi connectivity index (χ3v) is 4.40. The zero-order chi connectivity index (χ0) is 16.6. The van der Waals surface area contributed by atoms with Gasteiger partial charge in [-0.05, 0) is 49.4 Å². The number of hydrogen-bond acceptors (Lipinski definition) is 2. The summed E-state index contributed by atoms with van der Waals surface area (Å²) in [6.45, 7) is 3.11. The summed E-state index contributed by atoms with van der Waals surface area (Å²) < 4.78 is 39.5. The van der Waals surface area contributed by atoms with Crippen LogP contribution in [0.1, 0.15) is 42.4 Å². The highest BCUT2D eigenvalue weighted by Gasteiger charge is 2.36. The normalized spacial score (nSPS) is 17.9. The van der Waals surface area contributed by atoms with Crippen molar-refractivity contribution >= 4 is 17.3 Å². The van der Waals surface area contributed by atoms with Crippen molar-refractivity contribution in [3.63, 3.8) is 0 Å². The van der Waals surface area contributed by atoms with Crippen LogP contribution in [0.25, 0.3) is 0 Å². The van der Waals surface area contributed by atoms with Gasteiger partial charge in [-0.3, -0.25) is 9.79 Å². The van der Waals surface area contributed by atoms with Gasteiger partial charge in [0.25, 0.3) is 0 Å². The minimum atomic E-state index is -4.39. The van der Waals surface area contributed by atoms with Crippen molar-refractivity contribution in [3.8, 4) is 0 Å². The van der Waals surface area contributed by atoms with Gasteiger partial charge in [0.2, 0.25) is 5.91 Å². The Bertz CT molecular complexity index is 659. The molecule has 1 fully saturated rings. The summed E-state index contributed by atoms with van der Waals surface area (Å²) in [6, 6.07) is 2.81. The third kappa shape index (κ3) is 3.41. The third-order valence-electron chi connectivity index (χ3n) is 4.40. The number of carbonyl (C=O) groups excluding carboxylic acids is 1. The summed E-state index contributed by atoms with van der Waals surface area (Å²) in [7, 11) is 0. The van der Waals surface area contributed by atoms with Gasteiger partial charge >= 0.3 is 6.18 Å². The summed E-state index contributed by atoms with van der Waals surface area (Å²) in [5, 5.41) is 0. The largest absolute Gasteiger partial charge is 0.416 e. The SMILES string of the molecule is Cc1cc2c(c(C(F)(F)F)c1)CC(CC(=O)N1CCCCC1)=N2. The van der Waals surface area contributed by atoms with Gasteiger partial charge in [-0.25, -0.2) is 0 Å². The van der Waals surface area contributed by atoms with Crippen LogP contribution >= 0.6 is 0 Å². The van der Waals surface area contributed by atoms with Crippen LogP contribution in [0.15, 0.2) is 17.1 Å². The van der Waals surface area contributed by atoms with Gasteiger partial charge in [-0.2, -0.15) is 13.2 Å². The van der Waals surface area contributed by atoms with Crippen LogP contribution in [0.2, 0.25) is 0 Å². The van der Waals surface area contributed by atoms with Crippen molar-refractivity contribution in [2.45, 2.75) is 45.2 Å². The summed E-state index contributed by atoms with van der Waals surface area (Å²) in [4.78, 5) is 18.4. The molecule has 0 unspecified atom stereocenters. The van der Waals surface area contributed by atoms with Crippen LogP contribution < -0.4 is 0 Å². The van der Waals surface area contributed by atoms with Crippen LogP contribution in [0.5, 0.6) is 0 Å². The number of piperidine rings is 1. The molecule has 0 aliphatic carbocycles. The Morgan fingerprint density at radius 2 is 1.91 bits per heavy atom. The maximum Gasteiger partial charge on any atom is 0.416 e. The molecule has 0 aromatic heterocycles. The van der Waals surface area contributed by atoms with E-state index < -0.39 is 11.7 Å². The summed E-state index contributed by atoms with van der Waals surface area (Å²) in [5.74, 6) is -0.0264. The molecule has 0 atom stereocenters. The number of carbonyl (C=O) groups is 1. The first-order valence-corrected chi connectivity index (χ1v) is 7.89. The van der Waals surface area contributed by atoms with E-state index >= 15 is 0 Å². The fraction of sp³-hybridized carbons (Fsp3) is 0.529. The van der Waals surface area contributed by atoms with E-state index in [4.69, 9.17) is 0 Å². The Balaban J connectivity index is 1.77. The van der Waals surface area contributed by atoms with E-state index in [2.05, 4.69) is 4.99 Å². The van der Waals surface area contributed by atoms with E-state index in [-0.39, 0.29) is 24.3 Å². The first kappa shape index (κ1) is 16.0. The van der Waals surface area contributed by atoms with E-state index in [1.165, 1.54) is 0 Å². The molecular formula is C17H19F3N2O. The number of benzene rings is 1. The number of aliphatic imine (C=N–C) groups is 1. The lowest BCUT2D eigenvalue weighted by Gasteiger charge is -2.26. The Kier molecular flexibility index (Phi) is 4.17. The molecule has 3 nitrogen and oxygen atoms in total. The van der Waals surface area contributed by atoms with E-state index in [0.717, 1.165) is 38.4 Å². The van der Waals surface area contributed by atoms with Crippen LogP contribution in [0, 0.1) is 6.92 Å². The minimum absolute atomic E-state index is 0.0264. The van der Waals surface area contributed by atoms with Crippen LogP contribution in [-0.4, -0.2) is 29.6 Å². The summed E-state index contributed by atoms with van der Waals surface area (Å²) >= 11 is 0. The van der Waals surface area contributed by atoms with Crippen molar-refractivity contribution < 1.29 is 18.0 Å². The van der Waals surface area contributed by atoms with Crippen molar-refractivity contribution in [3.05, 3.63) is 28.8 Å². The number of aryl methyl sites for hydroxylation is 1. The fourth-order valence-electron chi connectivity index (χ4n) is 3.28. The average molecular weight is 324 g/mol. The molecular weight excluding hydrogens is 305 g/mol. The number of fused-ring (bicyclic) bond motifs is 1. The Hall–Kier alpha value is -1.85. The topological polar surface area (TPSA) is 32.7 Å². The number of amides is 1. The lowest BCUT2D eigenvalue weighted by molar-refractivity contribution is -0.138. The van der Waals surface area contributed by atoms with Gasteiger partial charge in [0.05, 0.1) is 17.7 Å². The molecule has 0 radical (unpaired) electrons. The number of rotatable bonds is 2. The number of alkyl halides is 3. The molecule has 1 aromatic carbocycles. The van der Waals surface area contributed by atoms with Crippen molar-refractivity contribution in [2.75, 3.05) is 13.1 Å². The predicted octanol–water partition coefficient (Wildman–Crippen LogP) is 4.05. The van der Waals surface area contributed by atoms with E-state index in [0.29, 0.717) is 17.0 Å². The molecule has 1 aromatic rings. The lowest BCUT2D eigenvalue weighted by atomic mass is 9.99. The Morgan fingerprint density at radius 1 is 1.22 bits per heavy atom. The zero-order valence-corrected chi connectivity index (χ0v) is 13.0. The van der Waals surface area contributed by atoms with E-state index in [9.17, 15) is 18.0 Å². The molecule has 2 aliphatic rings. The molecule has 1 saturated heterocycles. The molecule has 23 heavy (non-hydrogen) atoms. The molecule has 2 heterocycles. The zero-order valence-electron chi connectivity index (χ0n) is 13.0. The molecule has 3 rings (SSSR count). The van der Waals surface area contributed by atoms with E-state index in [1.807, 2.05) is 0 Å². The predicted molar refractivity (Wildman–Crippen MR) is 82.0 cm³/mol. The second-order valence-electron chi connectivity index (χ2n) is 6.28. The first-order chi connectivity index (χ1) is 10.8. The molecule has 2 aliphatic heterocycles. The van der Waals surface area contributed by atoms with Gasteiger partial charge in [0, 0.05) is 25.2 Å². The Morgan fingerprint density at radius 3 is 2.57 bits per heavy atom. The quantitative estimate of drug-likeness (QED) is 0.808. The number of halogens is 3. The van der Waals surface area contributed by atoms with Crippen molar-refractivity contribution in [1.82, 2.24) is 4.90 Å². The van der Waals surface area contributed by atoms with Crippen LogP contribution in [0.4, 0.5) is 18.9 Å². The number of nitrogens with zero attached hydrogens (tertiary/aromatic N) is 2. The number of likely N-dealkylation sites (tertiary alicyclic amines) is 1. The maximum atomic E-state index is 13.2. The van der Waals surface area contributed by atoms with Gasteiger partial charge in [0.15, 0.2) is 0 Å². The average Bonchev–Trinajstić information content (AvgIpc) is 2.88. The monoisotopic (exact) mass is 324 g/mol. The molecule has 124 valence electrons. The Labute approximate surface area is 133 Å². The molecule has 0 bridgehead atoms. The highest BCUT2D eigenvalue weighted by molar-refractivity contribution is 6.05. The fourth-order valence-corrected chi connectivity index (χ4v) is 3.28. The minimum Gasteiger partial charge on any atom is -0.342 e. The second kappa shape index (κ2) is 5.98. The standard InChI is InChI=1S/C17H19F3N2O/c1-11-7-14(17(18,19)20)13-9-12(21-15(13)8-11)10-16(23)22-5-3-2-4-6-22/h7-8H,2-6,9-10H2,1H3. The lowest BCUT2D eigenvalue weighted by Crippen LogP contribution is -2.36. The molecule has 1 amide bonds. The maximum absolute atomic E-state index is 13.2. The van der Waals surface area contributed by atoms with Crippen LogP contribution in [-0.2, 0) is 17.4 Å². The summed E-state index contributed by atoms with van der Waals surface area (Å²) in [6.07, 6.45) is -1.04.